The van der Waals surface area contributed by atoms with Gasteiger partial charge in [0.05, 0.1) is 6.42 Å². The molecule has 0 spiro atoms. The van der Waals surface area contributed by atoms with E-state index >= 15 is 0 Å². The number of carboxylic acid groups (broad SMARTS) is 1. The molecule has 0 bridgehead atoms. The maximum Gasteiger partial charge on any atom is 0.407 e. The minimum absolute atomic E-state index is 0.0687. The van der Waals surface area contributed by atoms with Gasteiger partial charge in [0.15, 0.2) is 0 Å². The van der Waals surface area contributed by atoms with E-state index < -0.39 is 42.8 Å². The van der Waals surface area contributed by atoms with E-state index in [1.54, 1.807) is 0 Å². The number of nitrogens with one attached hydrogen (secondary N) is 2. The molecule has 0 saturated heterocycles. The van der Waals surface area contributed by atoms with Gasteiger partial charge in [-0.2, -0.15) is 0 Å². The molecule has 0 heterocycles. The van der Waals surface area contributed by atoms with Crippen LogP contribution in [0.15, 0.2) is 48.5 Å². The third-order valence-electron chi connectivity index (χ3n) is 6.50. The molecule has 3 unspecified atom stereocenters. The maximum atomic E-state index is 13.0. The SMILES string of the molecule is O=C(O)CC(NC(=O)C1CCC(NC(=O)OCC2c3ccccc3-c3ccccc32)C1)C(F)F. The first-order valence-electron chi connectivity index (χ1n) is 11.2. The van der Waals surface area contributed by atoms with E-state index in [2.05, 4.69) is 10.6 Å². The largest absolute Gasteiger partial charge is 0.481 e. The van der Waals surface area contributed by atoms with E-state index in [1.165, 1.54) is 0 Å². The molecule has 3 atom stereocenters. The van der Waals surface area contributed by atoms with Crippen LogP contribution < -0.4 is 10.6 Å². The lowest BCUT2D eigenvalue weighted by atomic mass is 9.98. The zero-order valence-electron chi connectivity index (χ0n) is 18.4. The molecule has 2 aliphatic rings. The molecule has 3 N–H and O–H groups in total. The van der Waals surface area contributed by atoms with Crippen LogP contribution in [-0.4, -0.2) is 48.2 Å². The molecule has 7 nitrogen and oxygen atoms in total. The first-order chi connectivity index (χ1) is 16.3. The fourth-order valence-electron chi connectivity index (χ4n) is 4.85. The van der Waals surface area contributed by atoms with E-state index in [1.807, 2.05) is 48.5 Å². The second kappa shape index (κ2) is 10.2. The maximum absolute atomic E-state index is 13.0. The molecule has 9 heteroatoms. The Kier molecular flexibility index (Phi) is 7.09. The molecule has 0 aromatic heterocycles. The van der Waals surface area contributed by atoms with Crippen LogP contribution >= 0.6 is 0 Å². The number of alkyl halides is 2. The Morgan fingerprint density at radius 3 is 2.21 bits per heavy atom. The average Bonchev–Trinajstić information content (AvgIpc) is 3.39. The molecule has 0 aliphatic heterocycles. The number of carbonyl (C=O) groups is 3. The number of amides is 2. The van der Waals surface area contributed by atoms with E-state index in [0.717, 1.165) is 22.3 Å². The Labute approximate surface area is 195 Å². The molecule has 4 rings (SSSR count). The molecule has 2 amide bonds. The lowest BCUT2D eigenvalue weighted by Crippen LogP contribution is -2.44. The van der Waals surface area contributed by atoms with Crippen molar-refractivity contribution in [2.24, 2.45) is 5.92 Å². The van der Waals surface area contributed by atoms with Crippen LogP contribution in [0.2, 0.25) is 0 Å². The monoisotopic (exact) mass is 472 g/mol. The van der Waals surface area contributed by atoms with Crippen molar-refractivity contribution in [3.05, 3.63) is 59.7 Å². The van der Waals surface area contributed by atoms with Crippen LogP contribution in [0.1, 0.15) is 42.7 Å². The summed E-state index contributed by atoms with van der Waals surface area (Å²) in [5, 5.41) is 13.6. The van der Waals surface area contributed by atoms with Crippen molar-refractivity contribution in [3.63, 3.8) is 0 Å². The highest BCUT2D eigenvalue weighted by atomic mass is 19.3. The van der Waals surface area contributed by atoms with Crippen molar-refractivity contribution in [1.29, 1.82) is 0 Å². The third kappa shape index (κ3) is 5.18. The molecule has 180 valence electrons. The van der Waals surface area contributed by atoms with Crippen LogP contribution in [0.5, 0.6) is 0 Å². The molecule has 0 radical (unpaired) electrons. The van der Waals surface area contributed by atoms with Gasteiger partial charge in [-0.1, -0.05) is 48.5 Å². The smallest absolute Gasteiger partial charge is 0.407 e. The lowest BCUT2D eigenvalue weighted by molar-refractivity contribution is -0.139. The van der Waals surface area contributed by atoms with E-state index in [9.17, 15) is 23.2 Å². The van der Waals surface area contributed by atoms with Crippen LogP contribution in [0.25, 0.3) is 11.1 Å². The summed E-state index contributed by atoms with van der Waals surface area (Å²) in [7, 11) is 0. The fourth-order valence-corrected chi connectivity index (χ4v) is 4.85. The molecule has 2 aromatic rings. The predicted molar refractivity (Wildman–Crippen MR) is 120 cm³/mol. The minimum Gasteiger partial charge on any atom is -0.481 e. The highest BCUT2D eigenvalue weighted by Crippen LogP contribution is 2.44. The summed E-state index contributed by atoms with van der Waals surface area (Å²) in [5.74, 6) is -2.68. The summed E-state index contributed by atoms with van der Waals surface area (Å²) in [4.78, 5) is 35.5. The summed E-state index contributed by atoms with van der Waals surface area (Å²) >= 11 is 0. The Bertz CT molecular complexity index is 1030. The normalized spacial score (nSPS) is 19.9. The number of fused-ring (bicyclic) bond motifs is 3. The summed E-state index contributed by atoms with van der Waals surface area (Å²) in [5.41, 5.74) is 4.46. The quantitative estimate of drug-likeness (QED) is 0.540. The van der Waals surface area contributed by atoms with Gasteiger partial charge in [-0.15, -0.1) is 0 Å². The first-order valence-corrected chi connectivity index (χ1v) is 11.2. The fraction of sp³-hybridized carbons (Fsp3) is 0.400. The molecule has 1 fully saturated rings. The molecular weight excluding hydrogens is 446 g/mol. The second-order valence-corrected chi connectivity index (χ2v) is 8.72. The number of halogens is 2. The first kappa shape index (κ1) is 23.7. The summed E-state index contributed by atoms with van der Waals surface area (Å²) in [6.45, 7) is 0.168. The number of hydrogen-bond acceptors (Lipinski definition) is 4. The number of aliphatic carboxylic acids is 1. The zero-order valence-corrected chi connectivity index (χ0v) is 18.4. The van der Waals surface area contributed by atoms with Gasteiger partial charge in [-0.05, 0) is 41.5 Å². The van der Waals surface area contributed by atoms with Crippen molar-refractivity contribution < 1.29 is 33.0 Å². The van der Waals surface area contributed by atoms with Gasteiger partial charge in [0.2, 0.25) is 5.91 Å². The van der Waals surface area contributed by atoms with E-state index in [0.29, 0.717) is 12.8 Å². The average molecular weight is 472 g/mol. The summed E-state index contributed by atoms with van der Waals surface area (Å²) in [6.07, 6.45) is -3.24. The molecule has 1 saturated carbocycles. The van der Waals surface area contributed by atoms with Gasteiger partial charge in [0, 0.05) is 17.9 Å². The molecular formula is C25H26F2N2O5. The number of rotatable bonds is 8. The predicted octanol–water partition coefficient (Wildman–Crippen LogP) is 3.92. The van der Waals surface area contributed by atoms with Crippen LogP contribution in [0.4, 0.5) is 13.6 Å². The highest BCUT2D eigenvalue weighted by Gasteiger charge is 2.35. The lowest BCUT2D eigenvalue weighted by Gasteiger charge is -2.19. The number of hydrogen-bond donors (Lipinski definition) is 3. The Hall–Kier alpha value is -3.49. The molecule has 34 heavy (non-hydrogen) atoms. The van der Waals surface area contributed by atoms with Gasteiger partial charge < -0.3 is 20.5 Å². The van der Waals surface area contributed by atoms with Gasteiger partial charge in [-0.3, -0.25) is 9.59 Å². The topological polar surface area (TPSA) is 105 Å². The van der Waals surface area contributed by atoms with Gasteiger partial charge in [-0.25, -0.2) is 13.6 Å². The second-order valence-electron chi connectivity index (χ2n) is 8.72. The van der Waals surface area contributed by atoms with Crippen LogP contribution in [-0.2, 0) is 14.3 Å². The zero-order chi connectivity index (χ0) is 24.2. The van der Waals surface area contributed by atoms with E-state index in [4.69, 9.17) is 9.84 Å². The van der Waals surface area contributed by atoms with Crippen LogP contribution in [0.3, 0.4) is 0 Å². The number of carbonyl (C=O) groups excluding carboxylic acids is 2. The number of benzene rings is 2. The van der Waals surface area contributed by atoms with Crippen molar-refractivity contribution in [2.75, 3.05) is 6.61 Å². The van der Waals surface area contributed by atoms with Crippen molar-refractivity contribution >= 4 is 18.0 Å². The van der Waals surface area contributed by atoms with Crippen molar-refractivity contribution in [2.45, 2.75) is 50.1 Å². The Morgan fingerprint density at radius 2 is 1.62 bits per heavy atom. The van der Waals surface area contributed by atoms with Crippen molar-refractivity contribution in [1.82, 2.24) is 10.6 Å². The summed E-state index contributed by atoms with van der Waals surface area (Å²) in [6, 6.07) is 14.0. The van der Waals surface area contributed by atoms with Gasteiger partial charge in [0.25, 0.3) is 6.43 Å². The number of ether oxygens (including phenoxy) is 1. The van der Waals surface area contributed by atoms with Gasteiger partial charge >= 0.3 is 12.1 Å². The standard InChI is InChI=1S/C25H26F2N2O5/c26-23(27)21(12-22(30)31)29-24(32)14-9-10-15(11-14)28-25(33)34-13-20-18-7-3-1-5-16(18)17-6-2-4-8-19(17)20/h1-8,14-15,20-21,23H,9-13H2,(H,28,33)(H,29,32)(H,30,31). The number of alkyl carbamates (subject to hydrolysis) is 1. The Morgan fingerprint density at radius 1 is 1.00 bits per heavy atom. The van der Waals surface area contributed by atoms with E-state index in [-0.39, 0.29) is 25.0 Å². The highest BCUT2D eigenvalue weighted by molar-refractivity contribution is 5.81. The van der Waals surface area contributed by atoms with Crippen LogP contribution in [0, 0.1) is 5.92 Å². The third-order valence-corrected chi connectivity index (χ3v) is 6.50. The Balaban J connectivity index is 1.29. The number of carboxylic acids is 1. The molecule has 2 aromatic carbocycles. The summed E-state index contributed by atoms with van der Waals surface area (Å²) < 4.78 is 31.5. The molecule has 2 aliphatic carbocycles. The minimum atomic E-state index is -2.98. The van der Waals surface area contributed by atoms with Gasteiger partial charge in [0.1, 0.15) is 12.6 Å². The van der Waals surface area contributed by atoms with Crippen molar-refractivity contribution in [3.8, 4) is 11.1 Å².